The molecule has 2 aromatic carbocycles. The van der Waals surface area contributed by atoms with Crippen molar-refractivity contribution in [2.24, 2.45) is 0 Å². The predicted molar refractivity (Wildman–Crippen MR) is 78.3 cm³/mol. The summed E-state index contributed by atoms with van der Waals surface area (Å²) in [7, 11) is 0. The molecule has 0 aliphatic heterocycles. The van der Waals surface area contributed by atoms with Gasteiger partial charge in [0.05, 0.1) is 0 Å². The van der Waals surface area contributed by atoms with E-state index in [1.807, 2.05) is 12.1 Å². The van der Waals surface area contributed by atoms with Gasteiger partial charge in [0.15, 0.2) is 5.78 Å². The number of hydrogen-bond acceptors (Lipinski definition) is 2. The van der Waals surface area contributed by atoms with Crippen LogP contribution < -0.4 is 5.32 Å². The lowest BCUT2D eigenvalue weighted by atomic mass is 10.0. The van der Waals surface area contributed by atoms with Gasteiger partial charge in [-0.3, -0.25) is 9.59 Å². The summed E-state index contributed by atoms with van der Waals surface area (Å²) in [6.07, 6.45) is 0. The van der Waals surface area contributed by atoms with E-state index in [4.69, 9.17) is 0 Å². The van der Waals surface area contributed by atoms with Crippen molar-refractivity contribution < 1.29 is 9.59 Å². The Hall–Kier alpha value is -1.94. The number of nitrogens with one attached hydrogen (secondary N) is 1. The lowest BCUT2D eigenvalue weighted by Crippen LogP contribution is -2.07. The molecule has 2 rings (SSSR count). The number of rotatable bonds is 3. The van der Waals surface area contributed by atoms with Crippen molar-refractivity contribution in [3.63, 3.8) is 0 Å². The van der Waals surface area contributed by atoms with E-state index in [0.29, 0.717) is 16.8 Å². The maximum Gasteiger partial charge on any atom is 0.221 e. The molecule has 0 bridgehead atoms. The monoisotopic (exact) mass is 317 g/mol. The molecule has 0 aromatic heterocycles. The van der Waals surface area contributed by atoms with Crippen LogP contribution in [0, 0.1) is 0 Å². The van der Waals surface area contributed by atoms with E-state index in [1.54, 1.807) is 36.4 Å². The molecule has 0 saturated heterocycles. The minimum Gasteiger partial charge on any atom is -0.326 e. The fraction of sp³-hybridized carbons (Fsp3) is 0.0667. The van der Waals surface area contributed by atoms with Gasteiger partial charge in [-0.1, -0.05) is 28.1 Å². The first-order valence-corrected chi connectivity index (χ1v) is 6.53. The molecular weight excluding hydrogens is 306 g/mol. The average molecular weight is 318 g/mol. The van der Waals surface area contributed by atoms with Gasteiger partial charge in [0.1, 0.15) is 0 Å². The van der Waals surface area contributed by atoms with Crippen LogP contribution in [-0.2, 0) is 4.79 Å². The summed E-state index contributed by atoms with van der Waals surface area (Å²) in [6, 6.07) is 14.1. The highest BCUT2D eigenvalue weighted by molar-refractivity contribution is 9.10. The number of hydrogen-bond donors (Lipinski definition) is 1. The second-order valence-electron chi connectivity index (χ2n) is 4.10. The maximum absolute atomic E-state index is 12.3. The third kappa shape index (κ3) is 3.51. The molecule has 0 spiro atoms. The standard InChI is InChI=1S/C15H12BrNO2/c1-10(18)17-14-4-2-3-12(9-14)15(19)11-5-7-13(16)8-6-11/h2-9H,1H3,(H,17,18). The highest BCUT2D eigenvalue weighted by Crippen LogP contribution is 2.17. The Morgan fingerprint density at radius 2 is 1.68 bits per heavy atom. The van der Waals surface area contributed by atoms with Crippen LogP contribution in [0.5, 0.6) is 0 Å². The quantitative estimate of drug-likeness (QED) is 0.878. The van der Waals surface area contributed by atoms with Crippen molar-refractivity contribution >= 4 is 33.3 Å². The summed E-state index contributed by atoms with van der Waals surface area (Å²) in [5, 5.41) is 2.66. The Morgan fingerprint density at radius 1 is 1.00 bits per heavy atom. The van der Waals surface area contributed by atoms with Gasteiger partial charge in [0.2, 0.25) is 5.91 Å². The minimum absolute atomic E-state index is 0.0697. The molecule has 3 nitrogen and oxygen atoms in total. The Bertz CT molecular complexity index is 620. The van der Waals surface area contributed by atoms with Crippen LogP contribution in [0.4, 0.5) is 5.69 Å². The molecule has 4 heteroatoms. The van der Waals surface area contributed by atoms with E-state index < -0.39 is 0 Å². The molecule has 0 unspecified atom stereocenters. The van der Waals surface area contributed by atoms with Crippen LogP contribution in [0.3, 0.4) is 0 Å². The zero-order valence-corrected chi connectivity index (χ0v) is 11.9. The highest BCUT2D eigenvalue weighted by atomic mass is 79.9. The van der Waals surface area contributed by atoms with Gasteiger partial charge in [-0.05, 0) is 36.4 Å². The lowest BCUT2D eigenvalue weighted by Gasteiger charge is -2.05. The normalized spacial score (nSPS) is 10.0. The Labute approximate surface area is 119 Å². The van der Waals surface area contributed by atoms with Gasteiger partial charge in [-0.15, -0.1) is 0 Å². The predicted octanol–water partition coefficient (Wildman–Crippen LogP) is 3.64. The van der Waals surface area contributed by atoms with Gasteiger partial charge < -0.3 is 5.32 Å². The fourth-order valence-corrected chi connectivity index (χ4v) is 1.97. The smallest absolute Gasteiger partial charge is 0.221 e. The Kier molecular flexibility index (Phi) is 4.12. The summed E-state index contributed by atoms with van der Waals surface area (Å²) >= 11 is 3.33. The van der Waals surface area contributed by atoms with Crippen molar-refractivity contribution in [2.75, 3.05) is 5.32 Å². The fourth-order valence-electron chi connectivity index (χ4n) is 1.71. The largest absolute Gasteiger partial charge is 0.326 e. The summed E-state index contributed by atoms with van der Waals surface area (Å²) < 4.78 is 0.927. The van der Waals surface area contributed by atoms with Crippen LogP contribution in [0.25, 0.3) is 0 Å². The molecule has 0 fully saturated rings. The number of carbonyl (C=O) groups is 2. The average Bonchev–Trinajstić information content (AvgIpc) is 2.38. The molecule has 19 heavy (non-hydrogen) atoms. The number of amides is 1. The van der Waals surface area contributed by atoms with E-state index >= 15 is 0 Å². The van der Waals surface area contributed by atoms with Crippen molar-refractivity contribution in [1.29, 1.82) is 0 Å². The Balaban J connectivity index is 2.28. The summed E-state index contributed by atoms with van der Waals surface area (Å²) in [4.78, 5) is 23.3. The second-order valence-corrected chi connectivity index (χ2v) is 5.01. The number of carbonyl (C=O) groups excluding carboxylic acids is 2. The third-order valence-corrected chi connectivity index (χ3v) is 3.08. The van der Waals surface area contributed by atoms with Gasteiger partial charge in [-0.25, -0.2) is 0 Å². The van der Waals surface area contributed by atoms with E-state index in [9.17, 15) is 9.59 Å². The van der Waals surface area contributed by atoms with Gasteiger partial charge in [0, 0.05) is 28.2 Å². The number of anilines is 1. The highest BCUT2D eigenvalue weighted by Gasteiger charge is 2.09. The molecule has 1 amide bonds. The molecule has 96 valence electrons. The zero-order chi connectivity index (χ0) is 13.8. The first-order chi connectivity index (χ1) is 9.06. The minimum atomic E-state index is -0.159. The number of ketones is 1. The SMILES string of the molecule is CC(=O)Nc1cccc(C(=O)c2ccc(Br)cc2)c1. The van der Waals surface area contributed by atoms with Crippen LogP contribution in [0.1, 0.15) is 22.8 Å². The maximum atomic E-state index is 12.3. The van der Waals surface area contributed by atoms with E-state index in [1.165, 1.54) is 6.92 Å². The zero-order valence-electron chi connectivity index (χ0n) is 10.3. The van der Waals surface area contributed by atoms with Crippen LogP contribution in [0.15, 0.2) is 53.0 Å². The first kappa shape index (κ1) is 13.5. The van der Waals surface area contributed by atoms with Gasteiger partial charge in [0.25, 0.3) is 0 Å². The Morgan fingerprint density at radius 3 is 2.32 bits per heavy atom. The summed E-state index contributed by atoms with van der Waals surface area (Å²) in [5.41, 5.74) is 1.78. The van der Waals surface area contributed by atoms with Crippen LogP contribution >= 0.6 is 15.9 Å². The lowest BCUT2D eigenvalue weighted by molar-refractivity contribution is -0.114. The summed E-state index contributed by atoms with van der Waals surface area (Å²) in [6.45, 7) is 1.43. The third-order valence-electron chi connectivity index (χ3n) is 2.55. The van der Waals surface area contributed by atoms with Crippen molar-refractivity contribution in [3.05, 3.63) is 64.1 Å². The molecule has 1 N–H and O–H groups in total. The topological polar surface area (TPSA) is 46.2 Å². The van der Waals surface area contributed by atoms with Gasteiger partial charge >= 0.3 is 0 Å². The molecule has 0 heterocycles. The van der Waals surface area contributed by atoms with E-state index in [2.05, 4.69) is 21.2 Å². The number of benzene rings is 2. The second kappa shape index (κ2) is 5.80. The molecule has 0 radical (unpaired) electrons. The molecule has 0 aliphatic carbocycles. The molecule has 0 atom stereocenters. The summed E-state index contributed by atoms with van der Waals surface area (Å²) in [5.74, 6) is -0.229. The first-order valence-electron chi connectivity index (χ1n) is 5.74. The van der Waals surface area contributed by atoms with Crippen molar-refractivity contribution in [3.8, 4) is 0 Å². The van der Waals surface area contributed by atoms with Gasteiger partial charge in [-0.2, -0.15) is 0 Å². The van der Waals surface area contributed by atoms with Crippen LogP contribution in [0.2, 0.25) is 0 Å². The molecule has 0 saturated carbocycles. The van der Waals surface area contributed by atoms with Crippen LogP contribution in [-0.4, -0.2) is 11.7 Å². The van der Waals surface area contributed by atoms with Crippen molar-refractivity contribution in [2.45, 2.75) is 6.92 Å². The van der Waals surface area contributed by atoms with E-state index in [-0.39, 0.29) is 11.7 Å². The number of halogens is 1. The molecule has 0 aliphatic rings. The van der Waals surface area contributed by atoms with E-state index in [0.717, 1.165) is 4.47 Å². The molecular formula is C15H12BrNO2. The molecule has 2 aromatic rings. The van der Waals surface area contributed by atoms with Crippen molar-refractivity contribution in [1.82, 2.24) is 0 Å².